The first-order valence-electron chi connectivity index (χ1n) is 16.1. The molecule has 0 N–H and O–H groups in total. The van der Waals surface area contributed by atoms with Gasteiger partial charge in [-0.15, -0.1) is 0 Å². The van der Waals surface area contributed by atoms with Crippen LogP contribution in [-0.2, 0) is 21.4 Å². The highest BCUT2D eigenvalue weighted by atomic mass is 32.2. The Balaban J connectivity index is 1.19. The Labute approximate surface area is 262 Å². The SMILES string of the molecule is COc1ccc2cc(S(=O)(=O)N3CCn4cccc4C3CC(=O)N(C)[C@@H]3CCC[C@H](N4CCC(N(C)C)CC4)C3)ccc2c1. The summed E-state index contributed by atoms with van der Waals surface area (Å²) >= 11 is 0. The van der Waals surface area contributed by atoms with Crippen LogP contribution in [-0.4, -0.2) is 104 Å². The molecule has 1 aliphatic carbocycles. The number of ether oxygens (including phenoxy) is 1. The van der Waals surface area contributed by atoms with E-state index in [0.717, 1.165) is 54.6 Å². The zero-order valence-electron chi connectivity index (χ0n) is 26.6. The highest BCUT2D eigenvalue weighted by Gasteiger charge is 2.40. The number of hydrogen-bond acceptors (Lipinski definition) is 6. The summed E-state index contributed by atoms with van der Waals surface area (Å²) in [5.74, 6) is 0.734. The lowest BCUT2D eigenvalue weighted by atomic mass is 9.87. The van der Waals surface area contributed by atoms with Gasteiger partial charge in [0.2, 0.25) is 15.9 Å². The van der Waals surface area contributed by atoms with Crippen molar-refractivity contribution in [3.05, 3.63) is 60.4 Å². The summed E-state index contributed by atoms with van der Waals surface area (Å²) in [7, 11) is 4.03. The molecule has 44 heavy (non-hydrogen) atoms. The number of carbonyl (C=O) groups is 1. The van der Waals surface area contributed by atoms with Crippen LogP contribution in [0.3, 0.4) is 0 Å². The van der Waals surface area contributed by atoms with E-state index in [2.05, 4.69) is 28.5 Å². The molecule has 3 aliphatic rings. The average molecular weight is 622 g/mol. The number of hydrogen-bond donors (Lipinski definition) is 0. The quantitative estimate of drug-likeness (QED) is 0.367. The van der Waals surface area contributed by atoms with E-state index in [1.807, 2.05) is 54.5 Å². The van der Waals surface area contributed by atoms with Gasteiger partial charge in [-0.1, -0.05) is 12.1 Å². The van der Waals surface area contributed by atoms with E-state index in [1.54, 1.807) is 23.5 Å². The second-order valence-corrected chi connectivity index (χ2v) is 14.9. The summed E-state index contributed by atoms with van der Waals surface area (Å²) < 4.78 is 37.4. The molecule has 1 unspecified atom stereocenters. The summed E-state index contributed by atoms with van der Waals surface area (Å²) in [5, 5.41) is 1.74. The van der Waals surface area contributed by atoms with Crippen LogP contribution >= 0.6 is 0 Å². The van der Waals surface area contributed by atoms with Crippen molar-refractivity contribution in [3.8, 4) is 5.75 Å². The second-order valence-electron chi connectivity index (χ2n) is 13.0. The molecule has 1 saturated heterocycles. The van der Waals surface area contributed by atoms with Gasteiger partial charge in [-0.3, -0.25) is 4.79 Å². The maximum atomic E-state index is 14.2. The maximum Gasteiger partial charge on any atom is 0.243 e. The third-order valence-electron chi connectivity index (χ3n) is 10.4. The van der Waals surface area contributed by atoms with Crippen molar-refractivity contribution in [2.45, 2.75) is 80.6 Å². The zero-order chi connectivity index (χ0) is 31.0. The Morgan fingerprint density at radius 1 is 0.909 bits per heavy atom. The molecule has 3 atom stereocenters. The molecule has 0 radical (unpaired) electrons. The Kier molecular flexibility index (Phi) is 9.06. The molecule has 0 spiro atoms. The van der Waals surface area contributed by atoms with Crippen LogP contribution in [0.5, 0.6) is 5.75 Å². The molecule has 3 aromatic rings. The van der Waals surface area contributed by atoms with E-state index < -0.39 is 16.1 Å². The first-order chi connectivity index (χ1) is 21.2. The molecule has 238 valence electrons. The van der Waals surface area contributed by atoms with Crippen LogP contribution in [0.1, 0.15) is 56.7 Å². The second kappa shape index (κ2) is 12.8. The molecular formula is C34H47N5O4S. The highest BCUT2D eigenvalue weighted by Crippen LogP contribution is 2.36. The number of benzene rings is 2. The van der Waals surface area contributed by atoms with E-state index in [9.17, 15) is 13.2 Å². The van der Waals surface area contributed by atoms with E-state index in [-0.39, 0.29) is 23.3 Å². The summed E-state index contributed by atoms with van der Waals surface area (Å²) in [6.45, 7) is 3.11. The minimum absolute atomic E-state index is 0.00687. The smallest absolute Gasteiger partial charge is 0.243 e. The lowest BCUT2D eigenvalue weighted by molar-refractivity contribution is -0.134. The average Bonchev–Trinajstić information content (AvgIpc) is 3.53. The minimum Gasteiger partial charge on any atom is -0.497 e. The van der Waals surface area contributed by atoms with Crippen molar-refractivity contribution in [2.24, 2.45) is 0 Å². The predicted molar refractivity (Wildman–Crippen MR) is 173 cm³/mol. The molecule has 9 nitrogen and oxygen atoms in total. The van der Waals surface area contributed by atoms with E-state index >= 15 is 0 Å². The number of sulfonamides is 1. The van der Waals surface area contributed by atoms with Crippen LogP contribution in [0, 0.1) is 0 Å². The number of fused-ring (bicyclic) bond motifs is 2. The van der Waals surface area contributed by atoms with Crippen LogP contribution in [0.15, 0.2) is 59.6 Å². The fourth-order valence-electron chi connectivity index (χ4n) is 7.66. The van der Waals surface area contributed by atoms with Gasteiger partial charge in [-0.25, -0.2) is 8.42 Å². The number of rotatable bonds is 8. The van der Waals surface area contributed by atoms with E-state index in [0.29, 0.717) is 25.2 Å². The Bertz CT molecular complexity index is 1580. The fourth-order valence-corrected chi connectivity index (χ4v) is 9.29. The predicted octanol–water partition coefficient (Wildman–Crippen LogP) is 4.58. The number of piperidine rings is 1. The summed E-state index contributed by atoms with van der Waals surface area (Å²) in [6, 6.07) is 15.5. The van der Waals surface area contributed by atoms with Gasteiger partial charge in [0.15, 0.2) is 0 Å². The first-order valence-corrected chi connectivity index (χ1v) is 17.5. The van der Waals surface area contributed by atoms with Gasteiger partial charge in [-0.2, -0.15) is 4.31 Å². The molecule has 2 aromatic carbocycles. The molecule has 3 heterocycles. The number of methoxy groups -OCH3 is 1. The first kappa shape index (κ1) is 31.1. The lowest BCUT2D eigenvalue weighted by Gasteiger charge is -2.44. The van der Waals surface area contributed by atoms with Crippen LogP contribution in [0.4, 0.5) is 0 Å². The number of carbonyl (C=O) groups excluding carboxylic acids is 1. The number of likely N-dealkylation sites (tertiary alicyclic amines) is 1. The van der Waals surface area contributed by atoms with Crippen molar-refractivity contribution < 1.29 is 17.9 Å². The molecule has 0 bridgehead atoms. The molecule has 6 rings (SSSR count). The third kappa shape index (κ3) is 6.14. The highest BCUT2D eigenvalue weighted by molar-refractivity contribution is 7.89. The van der Waals surface area contributed by atoms with Crippen molar-refractivity contribution in [1.29, 1.82) is 0 Å². The number of aromatic nitrogens is 1. The van der Waals surface area contributed by atoms with Crippen molar-refractivity contribution in [1.82, 2.24) is 23.6 Å². The van der Waals surface area contributed by atoms with Gasteiger partial charge in [0, 0.05) is 56.6 Å². The Morgan fingerprint density at radius 3 is 2.41 bits per heavy atom. The summed E-state index contributed by atoms with van der Waals surface area (Å²) in [6.07, 6.45) is 8.78. The normalized spacial score (nSPS) is 24.0. The summed E-state index contributed by atoms with van der Waals surface area (Å²) in [4.78, 5) is 21.1. The van der Waals surface area contributed by atoms with Crippen LogP contribution in [0.2, 0.25) is 0 Å². The fraction of sp³-hybridized carbons (Fsp3) is 0.559. The topological polar surface area (TPSA) is 78.3 Å². The van der Waals surface area contributed by atoms with Gasteiger partial charge in [0.25, 0.3) is 0 Å². The van der Waals surface area contributed by atoms with E-state index in [1.165, 1.54) is 19.3 Å². The maximum absolute atomic E-state index is 14.2. The largest absolute Gasteiger partial charge is 0.497 e. The molecule has 2 fully saturated rings. The van der Waals surface area contributed by atoms with Crippen molar-refractivity contribution in [2.75, 3.05) is 47.9 Å². The minimum atomic E-state index is -3.86. The molecule has 10 heteroatoms. The van der Waals surface area contributed by atoms with E-state index in [4.69, 9.17) is 4.74 Å². The molecule has 1 aromatic heterocycles. The molecule has 1 saturated carbocycles. The number of nitrogens with zero attached hydrogens (tertiary/aromatic N) is 5. The van der Waals surface area contributed by atoms with Gasteiger partial charge in [0.05, 0.1) is 18.0 Å². The van der Waals surface area contributed by atoms with Crippen molar-refractivity contribution in [3.63, 3.8) is 0 Å². The lowest BCUT2D eigenvalue weighted by Crippen LogP contribution is -2.51. The summed E-state index contributed by atoms with van der Waals surface area (Å²) in [5.41, 5.74) is 0.873. The van der Waals surface area contributed by atoms with Crippen LogP contribution in [0.25, 0.3) is 10.8 Å². The van der Waals surface area contributed by atoms with Gasteiger partial charge in [-0.05, 0) is 113 Å². The Morgan fingerprint density at radius 2 is 1.66 bits per heavy atom. The zero-order valence-corrected chi connectivity index (χ0v) is 27.4. The molecule has 1 amide bonds. The van der Waals surface area contributed by atoms with Gasteiger partial charge >= 0.3 is 0 Å². The van der Waals surface area contributed by atoms with Crippen molar-refractivity contribution >= 4 is 26.7 Å². The monoisotopic (exact) mass is 621 g/mol. The van der Waals surface area contributed by atoms with Gasteiger partial charge in [0.1, 0.15) is 5.75 Å². The molecule has 2 aliphatic heterocycles. The third-order valence-corrected chi connectivity index (χ3v) is 12.3. The standard InChI is InChI=1S/C34H47N5O4S/c1-35(2)27-14-17-37(18-15-27)29-8-5-7-28(23-29)36(3)34(40)24-33-32-9-6-16-38(32)19-20-39(33)44(41,42)31-13-11-25-21-30(43-4)12-10-26(25)22-31/h6,9-13,16,21-22,27-29,33H,5,7-8,14-15,17-20,23-24H2,1-4H3/t28-,29+,33?/m1/s1. The number of amides is 1. The van der Waals surface area contributed by atoms with Gasteiger partial charge < -0.3 is 24.0 Å². The molecular weight excluding hydrogens is 574 g/mol. The van der Waals surface area contributed by atoms with Crippen LogP contribution < -0.4 is 4.74 Å². The Hall–Kier alpha value is -2.92.